The number of alkyl carbamates (subject to hydrolysis) is 1. The second-order valence-electron chi connectivity index (χ2n) is 10.8. The summed E-state index contributed by atoms with van der Waals surface area (Å²) in [6, 6.07) is 7.39. The molecule has 0 saturated heterocycles. The maximum atomic E-state index is 13.0. The molecule has 1 aromatic carbocycles. The molecule has 1 fully saturated rings. The van der Waals surface area contributed by atoms with Crippen LogP contribution in [0.5, 0.6) is 0 Å². The third-order valence-electron chi connectivity index (χ3n) is 6.37. The number of hydrogen-bond acceptors (Lipinski definition) is 6. The number of aliphatic carboxylic acids is 1. The molecule has 210 valence electrons. The standard InChI is InChI=1S/C27H40N4O7/c1-27(2,3)38-26(37)31-21(15-17-7-5-4-6-8-17)24(34)29-16-18-9-11-19(12-10-18)23(33)30-20(25(35)36)13-14-22(28)32/h4-8,18-21H,9-16H2,1-3H3,(H2,28,32)(H,29,34)(H,30,33)(H,31,37)(H,35,36)/t18?,19?,20-,21-/m0/s1. The fourth-order valence-corrected chi connectivity index (χ4v) is 4.34. The molecular formula is C27H40N4O7. The largest absolute Gasteiger partial charge is 0.480 e. The van der Waals surface area contributed by atoms with Crippen molar-refractivity contribution < 1.29 is 33.8 Å². The Morgan fingerprint density at radius 2 is 1.63 bits per heavy atom. The first-order chi connectivity index (χ1) is 17.8. The lowest BCUT2D eigenvalue weighted by molar-refractivity contribution is -0.143. The van der Waals surface area contributed by atoms with E-state index in [0.29, 0.717) is 38.6 Å². The quantitative estimate of drug-likeness (QED) is 0.273. The third kappa shape index (κ3) is 11.2. The van der Waals surface area contributed by atoms with Crippen molar-refractivity contribution >= 4 is 29.8 Å². The zero-order valence-electron chi connectivity index (χ0n) is 22.3. The van der Waals surface area contributed by atoms with Gasteiger partial charge in [-0.05, 0) is 64.4 Å². The van der Waals surface area contributed by atoms with E-state index in [1.807, 2.05) is 30.3 Å². The normalized spacial score (nSPS) is 18.9. The van der Waals surface area contributed by atoms with E-state index in [-0.39, 0.29) is 36.5 Å². The van der Waals surface area contributed by atoms with Crippen molar-refractivity contribution in [3.8, 4) is 0 Å². The molecule has 2 atom stereocenters. The van der Waals surface area contributed by atoms with Crippen LogP contribution < -0.4 is 21.7 Å². The molecular weight excluding hydrogens is 492 g/mol. The molecule has 0 unspecified atom stereocenters. The van der Waals surface area contributed by atoms with E-state index >= 15 is 0 Å². The monoisotopic (exact) mass is 532 g/mol. The fourth-order valence-electron chi connectivity index (χ4n) is 4.34. The fraction of sp³-hybridized carbons (Fsp3) is 0.593. The molecule has 1 aliphatic rings. The highest BCUT2D eigenvalue weighted by atomic mass is 16.6. The minimum absolute atomic E-state index is 0.0563. The van der Waals surface area contributed by atoms with Crippen LogP contribution in [-0.4, -0.2) is 59.1 Å². The highest BCUT2D eigenvalue weighted by Gasteiger charge is 2.30. The molecule has 6 N–H and O–H groups in total. The summed E-state index contributed by atoms with van der Waals surface area (Å²) in [6.45, 7) is 5.64. The number of carbonyl (C=O) groups excluding carboxylic acids is 4. The van der Waals surface area contributed by atoms with Crippen molar-refractivity contribution in [1.29, 1.82) is 0 Å². The van der Waals surface area contributed by atoms with Gasteiger partial charge in [0.2, 0.25) is 17.7 Å². The van der Waals surface area contributed by atoms with E-state index in [2.05, 4.69) is 16.0 Å². The molecule has 0 bridgehead atoms. The van der Waals surface area contributed by atoms with Crippen LogP contribution in [-0.2, 0) is 30.3 Å². The summed E-state index contributed by atoms with van der Waals surface area (Å²) in [4.78, 5) is 60.3. The van der Waals surface area contributed by atoms with Gasteiger partial charge in [0.05, 0.1) is 0 Å². The number of carboxylic acids is 1. The van der Waals surface area contributed by atoms with E-state index in [4.69, 9.17) is 10.5 Å². The van der Waals surface area contributed by atoms with Gasteiger partial charge in [-0.2, -0.15) is 0 Å². The number of benzene rings is 1. The maximum absolute atomic E-state index is 13.0. The molecule has 0 heterocycles. The van der Waals surface area contributed by atoms with Crippen molar-refractivity contribution in [1.82, 2.24) is 16.0 Å². The van der Waals surface area contributed by atoms with Crippen molar-refractivity contribution in [3.05, 3.63) is 35.9 Å². The molecule has 1 aromatic rings. The lowest BCUT2D eigenvalue weighted by atomic mass is 9.81. The molecule has 2 rings (SSSR count). The van der Waals surface area contributed by atoms with Gasteiger partial charge in [0.25, 0.3) is 0 Å². The molecule has 1 aliphatic carbocycles. The lowest BCUT2D eigenvalue weighted by Gasteiger charge is -2.29. The van der Waals surface area contributed by atoms with E-state index in [1.54, 1.807) is 20.8 Å². The number of carboxylic acid groups (broad SMARTS) is 1. The summed E-state index contributed by atoms with van der Waals surface area (Å²) in [5.41, 5.74) is 5.28. The molecule has 0 spiro atoms. The predicted molar refractivity (Wildman–Crippen MR) is 140 cm³/mol. The van der Waals surface area contributed by atoms with Crippen molar-refractivity contribution in [2.45, 2.75) is 83.4 Å². The van der Waals surface area contributed by atoms with Crippen LogP contribution in [0.3, 0.4) is 0 Å². The Kier molecular flexibility index (Phi) is 11.5. The van der Waals surface area contributed by atoms with E-state index in [0.717, 1.165) is 5.56 Å². The predicted octanol–water partition coefficient (Wildman–Crippen LogP) is 1.88. The average Bonchev–Trinajstić information content (AvgIpc) is 2.84. The van der Waals surface area contributed by atoms with Gasteiger partial charge in [-0.25, -0.2) is 9.59 Å². The SMILES string of the molecule is CC(C)(C)OC(=O)N[C@@H](Cc1ccccc1)C(=O)NCC1CCC(C(=O)N[C@@H](CCC(N)=O)C(=O)O)CC1. The second-order valence-corrected chi connectivity index (χ2v) is 10.8. The van der Waals surface area contributed by atoms with E-state index in [1.165, 1.54) is 0 Å². The Morgan fingerprint density at radius 3 is 2.18 bits per heavy atom. The zero-order chi connectivity index (χ0) is 28.3. The summed E-state index contributed by atoms with van der Waals surface area (Å²) in [5.74, 6) is -2.70. The Balaban J connectivity index is 1.87. The minimum Gasteiger partial charge on any atom is -0.480 e. The number of amides is 4. The Bertz CT molecular complexity index is 969. The van der Waals surface area contributed by atoms with Crippen LogP contribution in [0, 0.1) is 11.8 Å². The van der Waals surface area contributed by atoms with Crippen LogP contribution >= 0.6 is 0 Å². The van der Waals surface area contributed by atoms with Crippen molar-refractivity contribution in [3.63, 3.8) is 0 Å². The summed E-state index contributed by atoms with van der Waals surface area (Å²) >= 11 is 0. The number of hydrogen-bond donors (Lipinski definition) is 5. The molecule has 38 heavy (non-hydrogen) atoms. The number of nitrogens with one attached hydrogen (secondary N) is 3. The van der Waals surface area contributed by atoms with Crippen LogP contribution in [0.4, 0.5) is 4.79 Å². The number of nitrogens with two attached hydrogens (primary N) is 1. The first-order valence-corrected chi connectivity index (χ1v) is 13.0. The molecule has 11 heteroatoms. The highest BCUT2D eigenvalue weighted by molar-refractivity contribution is 5.86. The third-order valence-corrected chi connectivity index (χ3v) is 6.37. The number of carbonyl (C=O) groups is 5. The molecule has 1 saturated carbocycles. The van der Waals surface area contributed by atoms with Crippen molar-refractivity contribution in [2.75, 3.05) is 6.54 Å². The molecule has 0 radical (unpaired) electrons. The first kappa shape index (κ1) is 30.6. The van der Waals surface area contributed by atoms with Crippen molar-refractivity contribution in [2.24, 2.45) is 17.6 Å². The van der Waals surface area contributed by atoms with Crippen LogP contribution in [0.2, 0.25) is 0 Å². The molecule has 0 aromatic heterocycles. The van der Waals surface area contributed by atoms with Gasteiger partial charge in [-0.3, -0.25) is 14.4 Å². The Morgan fingerprint density at radius 1 is 1.00 bits per heavy atom. The second kappa shape index (κ2) is 14.3. The van der Waals surface area contributed by atoms with E-state index < -0.39 is 35.7 Å². The topological polar surface area (TPSA) is 177 Å². The van der Waals surface area contributed by atoms with Gasteiger partial charge >= 0.3 is 12.1 Å². The summed E-state index contributed by atoms with van der Waals surface area (Å²) in [7, 11) is 0. The molecule has 11 nitrogen and oxygen atoms in total. The molecule has 0 aliphatic heterocycles. The van der Waals surface area contributed by atoms with Gasteiger partial charge in [0, 0.05) is 25.3 Å². The molecule has 4 amide bonds. The summed E-state index contributed by atoms with van der Waals surface area (Å²) in [5, 5.41) is 17.4. The number of primary amides is 1. The van der Waals surface area contributed by atoms with Gasteiger partial charge in [-0.15, -0.1) is 0 Å². The summed E-state index contributed by atoms with van der Waals surface area (Å²) in [6.07, 6.45) is 1.92. The lowest BCUT2D eigenvalue weighted by Crippen LogP contribution is -2.50. The Labute approximate surface area is 223 Å². The Hall–Kier alpha value is -3.63. The van der Waals surface area contributed by atoms with Crippen LogP contribution in [0.1, 0.15) is 64.9 Å². The van der Waals surface area contributed by atoms with Crippen LogP contribution in [0.25, 0.3) is 0 Å². The number of rotatable bonds is 12. The van der Waals surface area contributed by atoms with E-state index in [9.17, 15) is 29.1 Å². The smallest absolute Gasteiger partial charge is 0.408 e. The highest BCUT2D eigenvalue weighted by Crippen LogP contribution is 2.28. The van der Waals surface area contributed by atoms with Gasteiger partial charge in [-0.1, -0.05) is 30.3 Å². The zero-order valence-corrected chi connectivity index (χ0v) is 22.3. The summed E-state index contributed by atoms with van der Waals surface area (Å²) < 4.78 is 5.33. The average molecular weight is 533 g/mol. The first-order valence-electron chi connectivity index (χ1n) is 13.0. The van der Waals surface area contributed by atoms with Gasteiger partial charge in [0.15, 0.2) is 0 Å². The maximum Gasteiger partial charge on any atom is 0.408 e. The van der Waals surface area contributed by atoms with Gasteiger partial charge in [0.1, 0.15) is 17.7 Å². The minimum atomic E-state index is -1.21. The van der Waals surface area contributed by atoms with Gasteiger partial charge < -0.3 is 31.5 Å². The van der Waals surface area contributed by atoms with Crippen LogP contribution in [0.15, 0.2) is 30.3 Å². The number of ether oxygens (including phenoxy) is 1.